The van der Waals surface area contributed by atoms with E-state index in [1.165, 1.54) is 42.7 Å². The molecule has 2 heterocycles. The van der Waals surface area contributed by atoms with Gasteiger partial charge in [-0.15, -0.1) is 0 Å². The smallest absolute Gasteiger partial charge is 0.363 e. The zero-order chi connectivity index (χ0) is 21.3. The molecule has 0 atom stereocenters. The van der Waals surface area contributed by atoms with Crippen LogP contribution in [0, 0.1) is 0 Å². The van der Waals surface area contributed by atoms with Gasteiger partial charge in [-0.05, 0) is 48.5 Å². The van der Waals surface area contributed by atoms with Gasteiger partial charge in [0.25, 0.3) is 11.8 Å². The van der Waals surface area contributed by atoms with E-state index in [0.717, 1.165) is 0 Å². The summed E-state index contributed by atoms with van der Waals surface area (Å²) in [5.74, 6) is -2.02. The quantitative estimate of drug-likeness (QED) is 0.599. The van der Waals surface area contributed by atoms with Gasteiger partial charge in [0.2, 0.25) is 10.0 Å². The number of benzene rings is 2. The number of hydrogen-bond donors (Lipinski definition) is 1. The normalized spacial score (nSPS) is 13.4. The van der Waals surface area contributed by atoms with E-state index in [2.05, 4.69) is 4.72 Å². The molecule has 0 saturated heterocycles. The van der Waals surface area contributed by atoms with Gasteiger partial charge in [-0.1, -0.05) is 17.2 Å². The molecule has 152 valence electrons. The largest absolute Gasteiger partial charge is 0.468 e. The Morgan fingerprint density at radius 2 is 1.57 bits per heavy atom. The second-order valence-corrected chi connectivity index (χ2v) is 8.02. The number of carbonyl (C=O) groups is 3. The van der Waals surface area contributed by atoms with Crippen molar-refractivity contribution in [3.8, 4) is 0 Å². The minimum absolute atomic E-state index is 0.0289. The topological polar surface area (TPSA) is 123 Å². The van der Waals surface area contributed by atoms with Crippen molar-refractivity contribution in [2.45, 2.75) is 11.4 Å². The second kappa shape index (κ2) is 7.58. The molecule has 1 aliphatic heterocycles. The molecule has 0 fully saturated rings. The number of hydrogen-bond acceptors (Lipinski definition) is 7. The Morgan fingerprint density at radius 3 is 2.13 bits per heavy atom. The van der Waals surface area contributed by atoms with Gasteiger partial charge in [-0.25, -0.2) is 17.9 Å². The maximum Gasteiger partial charge on any atom is 0.363 e. The monoisotopic (exact) mass is 426 g/mol. The number of nitrogens with one attached hydrogen (secondary N) is 1. The zero-order valence-electron chi connectivity index (χ0n) is 15.3. The summed E-state index contributed by atoms with van der Waals surface area (Å²) in [5, 5.41) is 0.391. The van der Waals surface area contributed by atoms with Crippen molar-refractivity contribution in [3.63, 3.8) is 0 Å². The molecule has 4 rings (SSSR count). The fourth-order valence-electron chi connectivity index (χ4n) is 2.82. The van der Waals surface area contributed by atoms with Crippen LogP contribution in [0.1, 0.15) is 36.8 Å². The fourth-order valence-corrected chi connectivity index (χ4v) is 3.81. The molecule has 0 radical (unpaired) electrons. The lowest BCUT2D eigenvalue weighted by Crippen LogP contribution is -2.32. The molecule has 2 amide bonds. The van der Waals surface area contributed by atoms with Gasteiger partial charge in [-0.2, -0.15) is 0 Å². The Labute approximate surface area is 170 Å². The predicted molar refractivity (Wildman–Crippen MR) is 102 cm³/mol. The molecule has 0 aliphatic carbocycles. The van der Waals surface area contributed by atoms with Gasteiger partial charge in [0.1, 0.15) is 5.76 Å². The molecule has 2 aromatic carbocycles. The van der Waals surface area contributed by atoms with Gasteiger partial charge in [0.05, 0.1) is 34.4 Å². The lowest BCUT2D eigenvalue weighted by molar-refractivity contribution is -0.0584. The van der Waals surface area contributed by atoms with E-state index in [1.807, 2.05) is 0 Å². The van der Waals surface area contributed by atoms with E-state index < -0.39 is 27.8 Å². The van der Waals surface area contributed by atoms with Gasteiger partial charge < -0.3 is 9.25 Å². The van der Waals surface area contributed by atoms with Gasteiger partial charge in [-0.3, -0.25) is 9.59 Å². The van der Waals surface area contributed by atoms with E-state index >= 15 is 0 Å². The Morgan fingerprint density at radius 1 is 0.933 bits per heavy atom. The van der Waals surface area contributed by atoms with E-state index in [0.29, 0.717) is 10.8 Å². The van der Waals surface area contributed by atoms with Crippen molar-refractivity contribution in [1.82, 2.24) is 9.79 Å². The van der Waals surface area contributed by atoms with E-state index in [9.17, 15) is 22.8 Å². The predicted octanol–water partition coefficient (Wildman–Crippen LogP) is 2.13. The Hall–Kier alpha value is -3.76. The van der Waals surface area contributed by atoms with Crippen molar-refractivity contribution in [2.75, 3.05) is 0 Å². The molecule has 0 saturated carbocycles. The molecule has 0 bridgehead atoms. The average Bonchev–Trinajstić information content (AvgIpc) is 3.36. The molecule has 0 spiro atoms. The first-order chi connectivity index (χ1) is 14.4. The van der Waals surface area contributed by atoms with Gasteiger partial charge in [0.15, 0.2) is 0 Å². The van der Waals surface area contributed by atoms with Gasteiger partial charge >= 0.3 is 5.97 Å². The Balaban J connectivity index is 1.45. The van der Waals surface area contributed by atoms with Crippen molar-refractivity contribution in [1.29, 1.82) is 0 Å². The third-order valence-corrected chi connectivity index (χ3v) is 5.76. The van der Waals surface area contributed by atoms with Crippen molar-refractivity contribution < 1.29 is 32.1 Å². The SMILES string of the molecule is O=C(ON1C(=O)c2ccccc2C1=O)c1ccc(S(=O)(=O)NCc2ccco2)cc1. The van der Waals surface area contributed by atoms with Crippen LogP contribution in [0.3, 0.4) is 0 Å². The highest BCUT2D eigenvalue weighted by molar-refractivity contribution is 7.89. The number of carbonyl (C=O) groups excluding carboxylic acids is 3. The molecule has 1 aliphatic rings. The molecule has 10 heteroatoms. The van der Waals surface area contributed by atoms with E-state index in [1.54, 1.807) is 24.3 Å². The third-order valence-electron chi connectivity index (χ3n) is 4.35. The number of furan rings is 1. The summed E-state index contributed by atoms with van der Waals surface area (Å²) in [4.78, 5) is 41.7. The Bertz CT molecular complexity index is 1200. The molecule has 1 aromatic heterocycles. The number of hydroxylamine groups is 2. The van der Waals surface area contributed by atoms with Crippen molar-refractivity contribution in [3.05, 3.63) is 89.4 Å². The van der Waals surface area contributed by atoms with Crippen LogP contribution in [0.2, 0.25) is 0 Å². The molecule has 0 unspecified atom stereocenters. The van der Waals surface area contributed by atoms with Crippen LogP contribution in [0.15, 0.2) is 76.2 Å². The first kappa shape index (κ1) is 19.6. The Kier molecular flexibility index (Phi) is 4.94. The molecular formula is C20H14N2O7S. The summed E-state index contributed by atoms with van der Waals surface area (Å²) in [7, 11) is -3.84. The summed E-state index contributed by atoms with van der Waals surface area (Å²) in [6.45, 7) is -0.0289. The molecule has 3 aromatic rings. The number of nitrogens with zero attached hydrogens (tertiary/aromatic N) is 1. The minimum Gasteiger partial charge on any atom is -0.468 e. The van der Waals surface area contributed by atoms with E-state index in [-0.39, 0.29) is 28.1 Å². The number of rotatable bonds is 6. The summed E-state index contributed by atoms with van der Waals surface area (Å²) in [6.07, 6.45) is 1.43. The third kappa shape index (κ3) is 3.61. The fraction of sp³-hybridized carbons (Fsp3) is 0.0500. The second-order valence-electron chi connectivity index (χ2n) is 6.26. The minimum atomic E-state index is -3.84. The summed E-state index contributed by atoms with van der Waals surface area (Å²) >= 11 is 0. The number of sulfonamides is 1. The molecular weight excluding hydrogens is 412 g/mol. The number of amides is 2. The van der Waals surface area contributed by atoms with Gasteiger partial charge in [0, 0.05) is 0 Å². The maximum atomic E-state index is 12.3. The highest BCUT2D eigenvalue weighted by atomic mass is 32.2. The van der Waals surface area contributed by atoms with Crippen molar-refractivity contribution >= 4 is 27.8 Å². The number of imide groups is 1. The van der Waals surface area contributed by atoms with Crippen LogP contribution in [0.5, 0.6) is 0 Å². The highest BCUT2D eigenvalue weighted by Crippen LogP contribution is 2.23. The van der Waals surface area contributed by atoms with Crippen LogP contribution < -0.4 is 4.72 Å². The number of fused-ring (bicyclic) bond motifs is 1. The van der Waals surface area contributed by atoms with Crippen molar-refractivity contribution in [2.24, 2.45) is 0 Å². The standard InChI is InChI=1S/C20H14N2O7S/c23-18-16-5-1-2-6-17(16)19(24)22(18)29-20(25)13-7-9-15(10-8-13)30(26,27)21-12-14-4-3-11-28-14/h1-11,21H,12H2. The van der Waals surface area contributed by atoms with Crippen LogP contribution in [-0.4, -0.2) is 31.3 Å². The highest BCUT2D eigenvalue weighted by Gasteiger charge is 2.38. The first-order valence-electron chi connectivity index (χ1n) is 8.69. The van der Waals surface area contributed by atoms with Crippen LogP contribution in [-0.2, 0) is 21.4 Å². The first-order valence-corrected chi connectivity index (χ1v) is 10.2. The molecule has 9 nitrogen and oxygen atoms in total. The lowest BCUT2D eigenvalue weighted by atomic mass is 10.1. The van der Waals surface area contributed by atoms with Crippen LogP contribution in [0.4, 0.5) is 0 Å². The van der Waals surface area contributed by atoms with E-state index in [4.69, 9.17) is 9.25 Å². The zero-order valence-corrected chi connectivity index (χ0v) is 16.1. The van der Waals surface area contributed by atoms with Crippen LogP contribution >= 0.6 is 0 Å². The average molecular weight is 426 g/mol. The summed E-state index contributed by atoms with van der Waals surface area (Å²) in [5.41, 5.74) is 0.246. The summed E-state index contributed by atoms with van der Waals surface area (Å²) < 4.78 is 32.1. The van der Waals surface area contributed by atoms with Crippen LogP contribution in [0.25, 0.3) is 0 Å². The molecule has 1 N–H and O–H groups in total. The summed E-state index contributed by atoms with van der Waals surface area (Å²) in [6, 6.07) is 14.2. The maximum absolute atomic E-state index is 12.3. The lowest BCUT2D eigenvalue weighted by Gasteiger charge is -2.13. The molecule has 30 heavy (non-hydrogen) atoms.